The van der Waals surface area contributed by atoms with Crippen LogP contribution in [0.25, 0.3) is 0 Å². The van der Waals surface area contributed by atoms with Crippen LogP contribution < -0.4 is 15.2 Å². The molecule has 3 N–H and O–H groups in total. The number of primary sulfonamides is 1. The van der Waals surface area contributed by atoms with Crippen LogP contribution in [-0.2, 0) is 14.8 Å². The molecule has 0 fully saturated rings. The molecule has 0 spiro atoms. The van der Waals surface area contributed by atoms with Crippen LogP contribution in [0.5, 0.6) is 5.75 Å². The molecule has 0 aliphatic heterocycles. The smallest absolute Gasteiger partial charge is 0.310 e. The van der Waals surface area contributed by atoms with Gasteiger partial charge in [-0.15, -0.1) is 0 Å². The molecule has 2 aromatic carbocycles. The number of benzene rings is 2. The van der Waals surface area contributed by atoms with Gasteiger partial charge in [0.15, 0.2) is 12.4 Å². The van der Waals surface area contributed by atoms with Gasteiger partial charge in [-0.1, -0.05) is 12.1 Å². The molecule has 0 heterocycles. The van der Waals surface area contributed by atoms with Crippen molar-refractivity contribution in [1.82, 2.24) is 0 Å². The molecule has 132 valence electrons. The monoisotopic (exact) mass is 365 g/mol. The summed E-state index contributed by atoms with van der Waals surface area (Å²) in [7, 11) is -3.89. The van der Waals surface area contributed by atoms with E-state index in [0.29, 0.717) is 0 Å². The van der Waals surface area contributed by atoms with Gasteiger partial charge in [-0.05, 0) is 36.8 Å². The fourth-order valence-electron chi connectivity index (χ4n) is 1.98. The quantitative estimate of drug-likeness (QED) is 0.588. The van der Waals surface area contributed by atoms with Crippen LogP contribution in [0.1, 0.15) is 5.56 Å². The van der Waals surface area contributed by atoms with E-state index in [1.165, 1.54) is 36.4 Å². The molecule has 10 heteroatoms. The van der Waals surface area contributed by atoms with Gasteiger partial charge in [0.25, 0.3) is 5.91 Å². The van der Waals surface area contributed by atoms with Crippen molar-refractivity contribution in [1.29, 1.82) is 0 Å². The van der Waals surface area contributed by atoms with Gasteiger partial charge >= 0.3 is 5.69 Å². The average molecular weight is 365 g/mol. The molecule has 25 heavy (non-hydrogen) atoms. The largest absolute Gasteiger partial charge is 0.477 e. The van der Waals surface area contributed by atoms with Gasteiger partial charge < -0.3 is 10.1 Å². The number of nitrogens with one attached hydrogen (secondary N) is 1. The van der Waals surface area contributed by atoms with Crippen molar-refractivity contribution in [2.75, 3.05) is 11.9 Å². The lowest BCUT2D eigenvalue weighted by molar-refractivity contribution is -0.385. The second-order valence-corrected chi connectivity index (χ2v) is 6.70. The zero-order valence-corrected chi connectivity index (χ0v) is 13.9. The van der Waals surface area contributed by atoms with Crippen LogP contribution >= 0.6 is 0 Å². The van der Waals surface area contributed by atoms with E-state index < -0.39 is 27.5 Å². The summed E-state index contributed by atoms with van der Waals surface area (Å²) in [4.78, 5) is 22.1. The van der Waals surface area contributed by atoms with Crippen molar-refractivity contribution in [2.24, 2.45) is 5.14 Å². The molecule has 0 aliphatic rings. The van der Waals surface area contributed by atoms with Crippen LogP contribution in [-0.4, -0.2) is 25.9 Å². The fraction of sp³-hybridized carbons (Fsp3) is 0.133. The Balaban J connectivity index is 2.07. The number of rotatable bonds is 6. The van der Waals surface area contributed by atoms with Crippen LogP contribution in [0.4, 0.5) is 11.4 Å². The maximum atomic E-state index is 11.9. The molecule has 0 saturated heterocycles. The number of anilines is 1. The Hall–Kier alpha value is -2.98. The SMILES string of the molecule is Cc1ccc([N+](=O)[O-])c(OCC(=O)Nc2cccc(S(N)(=O)=O)c2)c1. The number of ether oxygens (including phenoxy) is 1. The third-order valence-corrected chi connectivity index (χ3v) is 4.03. The van der Waals surface area contributed by atoms with Gasteiger partial charge in [0.2, 0.25) is 10.0 Å². The number of nitrogens with zero attached hydrogens (tertiary/aromatic N) is 1. The van der Waals surface area contributed by atoms with Crippen molar-refractivity contribution in [3.8, 4) is 5.75 Å². The number of hydrogen-bond donors (Lipinski definition) is 2. The van der Waals surface area contributed by atoms with E-state index in [1.54, 1.807) is 13.0 Å². The molecular formula is C15H15N3O6S. The summed E-state index contributed by atoms with van der Waals surface area (Å²) in [5.74, 6) is -0.638. The van der Waals surface area contributed by atoms with Crippen LogP contribution in [0.2, 0.25) is 0 Å². The summed E-state index contributed by atoms with van der Waals surface area (Å²) >= 11 is 0. The van der Waals surface area contributed by atoms with Crippen molar-refractivity contribution >= 4 is 27.3 Å². The Morgan fingerprint density at radius 2 is 2.00 bits per heavy atom. The maximum absolute atomic E-state index is 11.9. The minimum absolute atomic E-state index is 0.0292. The lowest BCUT2D eigenvalue weighted by atomic mass is 10.2. The summed E-state index contributed by atoms with van der Waals surface area (Å²) in [6.45, 7) is 1.25. The Bertz CT molecular complexity index is 927. The van der Waals surface area contributed by atoms with E-state index in [0.717, 1.165) is 5.56 Å². The van der Waals surface area contributed by atoms with Gasteiger partial charge in [-0.2, -0.15) is 0 Å². The van der Waals surface area contributed by atoms with Gasteiger partial charge in [0, 0.05) is 11.8 Å². The number of hydrogen-bond acceptors (Lipinski definition) is 6. The highest BCUT2D eigenvalue weighted by molar-refractivity contribution is 7.89. The molecule has 0 radical (unpaired) electrons. The Labute approximate surface area is 143 Å². The summed E-state index contributed by atoms with van der Waals surface area (Å²) < 4.78 is 27.8. The topological polar surface area (TPSA) is 142 Å². The number of carbonyl (C=O) groups is 1. The van der Waals surface area contributed by atoms with Gasteiger partial charge in [-0.3, -0.25) is 14.9 Å². The summed E-state index contributed by atoms with van der Waals surface area (Å²) in [6, 6.07) is 9.68. The van der Waals surface area contributed by atoms with Gasteiger partial charge in [0.1, 0.15) is 0 Å². The standard InChI is InChI=1S/C15H15N3O6S/c1-10-5-6-13(18(20)21)14(7-10)24-9-15(19)17-11-3-2-4-12(8-11)25(16,22)23/h2-8H,9H2,1H3,(H,17,19)(H2,16,22,23). The summed E-state index contributed by atoms with van der Waals surface area (Å²) in [5.41, 5.74) is 0.690. The molecular weight excluding hydrogens is 350 g/mol. The number of carbonyl (C=O) groups excluding carboxylic acids is 1. The zero-order chi connectivity index (χ0) is 18.6. The van der Waals surface area contributed by atoms with E-state index in [1.807, 2.05) is 0 Å². The van der Waals surface area contributed by atoms with E-state index in [-0.39, 0.29) is 22.0 Å². The molecule has 0 bridgehead atoms. The second-order valence-electron chi connectivity index (χ2n) is 5.14. The highest BCUT2D eigenvalue weighted by Gasteiger charge is 2.16. The Morgan fingerprint density at radius 1 is 1.28 bits per heavy atom. The first-order valence-corrected chi connectivity index (χ1v) is 8.52. The minimum Gasteiger partial charge on any atom is -0.477 e. The number of nitro benzene ring substituents is 1. The first kappa shape index (κ1) is 18.4. The van der Waals surface area contributed by atoms with Crippen LogP contribution in [0.3, 0.4) is 0 Å². The van der Waals surface area contributed by atoms with Gasteiger partial charge in [0.05, 0.1) is 9.82 Å². The van der Waals surface area contributed by atoms with Crippen LogP contribution in [0.15, 0.2) is 47.4 Å². The molecule has 0 aliphatic carbocycles. The first-order valence-electron chi connectivity index (χ1n) is 6.97. The van der Waals surface area contributed by atoms with E-state index in [4.69, 9.17) is 9.88 Å². The number of nitro groups is 1. The number of nitrogens with two attached hydrogens (primary N) is 1. The third-order valence-electron chi connectivity index (χ3n) is 3.12. The zero-order valence-electron chi connectivity index (χ0n) is 13.1. The highest BCUT2D eigenvalue weighted by atomic mass is 32.2. The van der Waals surface area contributed by atoms with Crippen molar-refractivity contribution in [3.63, 3.8) is 0 Å². The van der Waals surface area contributed by atoms with E-state index >= 15 is 0 Å². The number of aryl methyl sites for hydroxylation is 1. The molecule has 0 aromatic heterocycles. The molecule has 0 atom stereocenters. The van der Waals surface area contributed by atoms with Gasteiger partial charge in [-0.25, -0.2) is 13.6 Å². The maximum Gasteiger partial charge on any atom is 0.310 e. The third kappa shape index (κ3) is 4.99. The molecule has 1 amide bonds. The predicted molar refractivity (Wildman–Crippen MR) is 89.8 cm³/mol. The highest BCUT2D eigenvalue weighted by Crippen LogP contribution is 2.27. The fourth-order valence-corrected chi connectivity index (χ4v) is 2.54. The summed E-state index contributed by atoms with van der Waals surface area (Å²) in [6.07, 6.45) is 0. The van der Waals surface area contributed by atoms with E-state index in [9.17, 15) is 23.3 Å². The Kier molecular flexibility index (Phi) is 5.35. The minimum atomic E-state index is -3.89. The molecule has 9 nitrogen and oxygen atoms in total. The first-order chi connectivity index (χ1) is 11.7. The molecule has 0 saturated carbocycles. The molecule has 2 aromatic rings. The Morgan fingerprint density at radius 3 is 2.64 bits per heavy atom. The lowest BCUT2D eigenvalue weighted by Gasteiger charge is -2.09. The van der Waals surface area contributed by atoms with Crippen LogP contribution in [0, 0.1) is 17.0 Å². The molecule has 0 unspecified atom stereocenters. The van der Waals surface area contributed by atoms with Crippen molar-refractivity contribution < 1.29 is 22.9 Å². The predicted octanol–water partition coefficient (Wildman–Crippen LogP) is 1.57. The number of amides is 1. The number of sulfonamides is 1. The average Bonchev–Trinajstić information content (AvgIpc) is 2.52. The van der Waals surface area contributed by atoms with Crippen molar-refractivity contribution in [2.45, 2.75) is 11.8 Å². The molecule has 2 rings (SSSR count). The van der Waals surface area contributed by atoms with E-state index in [2.05, 4.69) is 5.32 Å². The second kappa shape index (κ2) is 7.28. The van der Waals surface area contributed by atoms with Crippen molar-refractivity contribution in [3.05, 3.63) is 58.1 Å². The lowest BCUT2D eigenvalue weighted by Crippen LogP contribution is -2.21. The normalized spacial score (nSPS) is 11.0. The summed E-state index contributed by atoms with van der Waals surface area (Å²) in [5, 5.41) is 18.4.